The first-order valence-electron chi connectivity index (χ1n) is 17.3. The third kappa shape index (κ3) is 9.28. The minimum Gasteiger partial charge on any atom is -1.00 e. The van der Waals surface area contributed by atoms with Gasteiger partial charge in [-0.05, 0) is 90.0 Å². The highest BCUT2D eigenvalue weighted by molar-refractivity contribution is 7.89. The lowest BCUT2D eigenvalue weighted by Crippen LogP contribution is -3.00. The molecule has 252 valence electrons. The first kappa shape index (κ1) is 38.9. The third-order valence-electron chi connectivity index (χ3n) is 9.57. The Morgan fingerprint density at radius 2 is 0.571 bits per heavy atom. The summed E-state index contributed by atoms with van der Waals surface area (Å²) in [5.74, 6) is 0. The molecular weight excluding hydrogens is 762 g/mol. The monoisotopic (exact) mass is 808 g/mol. The maximum absolute atomic E-state index is 2.39. The van der Waals surface area contributed by atoms with E-state index < -0.39 is 14.5 Å². The average molecular weight is 811 g/mol. The Labute approximate surface area is 317 Å². The van der Waals surface area contributed by atoms with Crippen molar-refractivity contribution >= 4 is 35.7 Å². The largest absolute Gasteiger partial charge is 1.00 e. The number of hydrogen-bond donors (Lipinski definition) is 0. The lowest BCUT2D eigenvalue weighted by molar-refractivity contribution is -0.00100. The molecule has 0 aliphatic rings. The molecule has 0 amide bonds. The minimum atomic E-state index is -1.57. The third-order valence-corrected chi connectivity index (χ3v) is 18.9. The second kappa shape index (κ2) is 18.9. The highest BCUT2D eigenvalue weighted by Crippen LogP contribution is 2.60. The smallest absolute Gasteiger partial charge is 0.0995 e. The van der Waals surface area contributed by atoms with Gasteiger partial charge in [0, 0.05) is 0 Å². The number of benzene rings is 6. The molecule has 6 rings (SSSR count). The highest BCUT2D eigenvalue weighted by Gasteiger charge is 2.43. The van der Waals surface area contributed by atoms with E-state index in [1.54, 1.807) is 0 Å². The number of hydrogen-bond acceptors (Lipinski definition) is 0. The van der Waals surface area contributed by atoms with Crippen molar-refractivity contribution in [1.82, 2.24) is 0 Å². The second-order valence-electron chi connectivity index (χ2n) is 12.9. The van der Waals surface area contributed by atoms with E-state index in [2.05, 4.69) is 184 Å². The van der Waals surface area contributed by atoms with Crippen molar-refractivity contribution in [1.29, 1.82) is 0 Å². The van der Waals surface area contributed by atoms with Gasteiger partial charge in [0.2, 0.25) is 0 Å². The fourth-order valence-electron chi connectivity index (χ4n) is 7.34. The van der Waals surface area contributed by atoms with Crippen LogP contribution in [0.1, 0.15) is 48.9 Å². The molecule has 0 unspecified atom stereocenters. The summed E-state index contributed by atoms with van der Waals surface area (Å²) in [4.78, 5) is 0. The molecule has 0 aliphatic heterocycles. The van der Waals surface area contributed by atoms with Gasteiger partial charge in [-0.15, -0.1) is 0 Å². The van der Waals surface area contributed by atoms with Gasteiger partial charge in [-0.3, -0.25) is 0 Å². The van der Waals surface area contributed by atoms with Crippen LogP contribution in [0.25, 0.3) is 0 Å². The number of halogens is 2. The van der Waals surface area contributed by atoms with Crippen molar-refractivity contribution in [3.8, 4) is 0 Å². The molecular formula is C45H48Br2P2. The maximum Gasteiger partial charge on any atom is 0.0995 e. The Hall–Kier alpha value is -2.86. The molecule has 0 heterocycles. The Bertz CT molecular complexity index is 1580. The first-order valence-corrected chi connectivity index (χ1v) is 21.6. The summed E-state index contributed by atoms with van der Waals surface area (Å²) in [5, 5.41) is 6.06. The summed E-state index contributed by atoms with van der Waals surface area (Å²) >= 11 is 0. The normalized spacial score (nSPS) is 11.3. The van der Waals surface area contributed by atoms with Gasteiger partial charge in [-0.2, -0.15) is 0 Å². The molecule has 4 heteroatoms. The topological polar surface area (TPSA) is 0 Å². The van der Waals surface area contributed by atoms with Crippen LogP contribution in [0, 0.1) is 0 Å². The van der Waals surface area contributed by atoms with Gasteiger partial charge in [-0.25, -0.2) is 0 Å². The predicted octanol–water partition coefficient (Wildman–Crippen LogP) is 4.44. The van der Waals surface area contributed by atoms with Gasteiger partial charge >= 0.3 is 0 Å². The quantitative estimate of drug-likeness (QED) is 0.143. The van der Waals surface area contributed by atoms with Crippen LogP contribution >= 0.6 is 14.5 Å². The lowest BCUT2D eigenvalue weighted by atomic mass is 10.0. The van der Waals surface area contributed by atoms with Crippen LogP contribution in [0.5, 0.6) is 0 Å². The zero-order valence-electron chi connectivity index (χ0n) is 28.8. The molecule has 0 aliphatic carbocycles. The van der Waals surface area contributed by atoms with Gasteiger partial charge in [0.1, 0.15) is 0 Å². The van der Waals surface area contributed by atoms with Crippen LogP contribution in [-0.2, 0) is 18.7 Å². The molecule has 6 aromatic rings. The Morgan fingerprint density at radius 3 is 0.816 bits per heavy atom. The molecule has 0 aromatic heterocycles. The summed E-state index contributed by atoms with van der Waals surface area (Å²) in [7, 11) is -3.15. The van der Waals surface area contributed by atoms with Gasteiger partial charge in [0.25, 0.3) is 0 Å². The summed E-state index contributed by atoms with van der Waals surface area (Å²) in [5.41, 5.74) is 5.64. The summed E-state index contributed by atoms with van der Waals surface area (Å²) in [6.45, 7) is 4.67. The molecule has 0 saturated carbocycles. The van der Waals surface area contributed by atoms with Crippen molar-refractivity contribution < 1.29 is 34.0 Å². The molecule has 49 heavy (non-hydrogen) atoms. The van der Waals surface area contributed by atoms with E-state index in [1.807, 2.05) is 0 Å². The van der Waals surface area contributed by atoms with Crippen LogP contribution in [-0.4, -0.2) is 12.3 Å². The van der Waals surface area contributed by atoms with Crippen LogP contribution in [0.15, 0.2) is 170 Å². The molecule has 0 fully saturated rings. The van der Waals surface area contributed by atoms with Gasteiger partial charge in [-0.1, -0.05) is 135 Å². The average Bonchev–Trinajstić information content (AvgIpc) is 3.14. The predicted molar refractivity (Wildman–Crippen MR) is 212 cm³/mol. The fourth-order valence-corrected chi connectivity index (χ4v) is 16.2. The summed E-state index contributed by atoms with van der Waals surface area (Å²) in [6, 6.07) is 64.2. The van der Waals surface area contributed by atoms with Crippen LogP contribution < -0.4 is 55.2 Å². The lowest BCUT2D eigenvalue weighted by Gasteiger charge is -2.27. The molecule has 0 nitrogen and oxygen atoms in total. The van der Waals surface area contributed by atoms with E-state index in [9.17, 15) is 0 Å². The van der Waals surface area contributed by atoms with E-state index in [-0.39, 0.29) is 34.0 Å². The highest BCUT2D eigenvalue weighted by atomic mass is 79.9. The van der Waals surface area contributed by atoms with Crippen molar-refractivity contribution in [3.05, 3.63) is 192 Å². The molecule has 0 bridgehead atoms. The molecule has 6 aromatic carbocycles. The van der Waals surface area contributed by atoms with E-state index in [0.29, 0.717) is 0 Å². The van der Waals surface area contributed by atoms with Crippen molar-refractivity contribution in [2.24, 2.45) is 0 Å². The first-order chi connectivity index (χ1) is 23.1. The minimum absolute atomic E-state index is 0. The zero-order valence-corrected chi connectivity index (χ0v) is 33.7. The van der Waals surface area contributed by atoms with Gasteiger partial charge < -0.3 is 34.0 Å². The van der Waals surface area contributed by atoms with E-state index in [0.717, 1.165) is 18.7 Å². The molecule has 0 spiro atoms. The zero-order chi connectivity index (χ0) is 32.4. The Balaban J connectivity index is 0.00000270. The Morgan fingerprint density at radius 1 is 0.327 bits per heavy atom. The van der Waals surface area contributed by atoms with E-state index in [1.165, 1.54) is 68.6 Å². The standard InChI is InChI=1S/C45H48P2.2BrH/c1-3-33-46(42-17-9-5-10-18-42,43-19-11-6-12-20-43)36-40-29-25-38(26-30-40)35-39-27-31-41(32-28-39)37-47(34-4-2,44-21-13-7-14-22-44)45-23-15-8-16-24-45;;/h5-32H,3-4,33-37H2,1-2H3;2*1H/q+2;;/p-2. The van der Waals surface area contributed by atoms with Gasteiger partial charge in [0.15, 0.2) is 0 Å². The summed E-state index contributed by atoms with van der Waals surface area (Å²) < 4.78 is 0. The van der Waals surface area contributed by atoms with E-state index in [4.69, 9.17) is 0 Å². The van der Waals surface area contributed by atoms with Crippen molar-refractivity contribution in [2.75, 3.05) is 12.3 Å². The molecule has 0 saturated heterocycles. The second-order valence-corrected chi connectivity index (χ2v) is 20.3. The van der Waals surface area contributed by atoms with Crippen LogP contribution in [0.3, 0.4) is 0 Å². The van der Waals surface area contributed by atoms with E-state index >= 15 is 0 Å². The Kier molecular flexibility index (Phi) is 15.1. The summed E-state index contributed by atoms with van der Waals surface area (Å²) in [6.07, 6.45) is 8.00. The fraction of sp³-hybridized carbons (Fsp3) is 0.200. The molecule has 0 radical (unpaired) electrons. The molecule has 0 atom stereocenters. The van der Waals surface area contributed by atoms with Gasteiger partial charge in [0.05, 0.1) is 60.4 Å². The van der Waals surface area contributed by atoms with Crippen molar-refractivity contribution in [3.63, 3.8) is 0 Å². The van der Waals surface area contributed by atoms with Crippen LogP contribution in [0.4, 0.5) is 0 Å². The maximum atomic E-state index is 2.39. The SMILES string of the molecule is CCC[P+](Cc1ccc(Cc2ccc(C[P+](CCC)(c3ccccc3)c3ccccc3)cc2)cc1)(c1ccccc1)c1ccccc1.[Br-].[Br-]. The number of rotatable bonds is 14. The molecule has 0 N–H and O–H groups in total. The van der Waals surface area contributed by atoms with Crippen molar-refractivity contribution in [2.45, 2.75) is 45.4 Å². The van der Waals surface area contributed by atoms with Crippen LogP contribution in [0.2, 0.25) is 0 Å².